The number of halogens is 1. The van der Waals surface area contributed by atoms with E-state index in [2.05, 4.69) is 19.2 Å². The number of carbonyl (C=O) groups is 1. The van der Waals surface area contributed by atoms with Crippen LogP contribution in [0.4, 0.5) is 0 Å². The van der Waals surface area contributed by atoms with Gasteiger partial charge in [0.1, 0.15) is 5.38 Å². The van der Waals surface area contributed by atoms with Crippen LogP contribution in [-0.2, 0) is 4.79 Å². The molecule has 1 fully saturated rings. The Balaban J connectivity index is 2.42. The third-order valence-electron chi connectivity index (χ3n) is 3.15. The van der Waals surface area contributed by atoms with Gasteiger partial charge in [-0.15, -0.1) is 11.6 Å². The second kappa shape index (κ2) is 4.32. The van der Waals surface area contributed by atoms with E-state index < -0.39 is 5.38 Å². The predicted octanol–water partition coefficient (Wildman–Crippen LogP) is 2.16. The van der Waals surface area contributed by atoms with Gasteiger partial charge >= 0.3 is 0 Å². The lowest BCUT2D eigenvalue weighted by molar-refractivity contribution is -0.121. The van der Waals surface area contributed by atoms with Gasteiger partial charge in [0.25, 0.3) is 0 Å². The molecule has 1 aliphatic rings. The molecule has 0 aromatic rings. The normalized spacial score (nSPS) is 35.8. The molecule has 1 aliphatic carbocycles. The SMILES string of the molecule is CC(Cl)C(=O)NC1CCC(C)C1C. The third kappa shape index (κ3) is 2.60. The van der Waals surface area contributed by atoms with Crippen LogP contribution < -0.4 is 5.32 Å². The zero-order valence-corrected chi connectivity index (χ0v) is 9.27. The number of amides is 1. The van der Waals surface area contributed by atoms with Crippen molar-refractivity contribution in [3.05, 3.63) is 0 Å². The number of hydrogen-bond acceptors (Lipinski definition) is 1. The summed E-state index contributed by atoms with van der Waals surface area (Å²) in [5.74, 6) is 1.27. The summed E-state index contributed by atoms with van der Waals surface area (Å²) >= 11 is 5.68. The number of alkyl halides is 1. The summed E-state index contributed by atoms with van der Waals surface area (Å²) < 4.78 is 0. The summed E-state index contributed by atoms with van der Waals surface area (Å²) in [6, 6.07) is 0.337. The van der Waals surface area contributed by atoms with Gasteiger partial charge in [-0.2, -0.15) is 0 Å². The maximum Gasteiger partial charge on any atom is 0.237 e. The van der Waals surface area contributed by atoms with Crippen molar-refractivity contribution in [2.75, 3.05) is 0 Å². The van der Waals surface area contributed by atoms with Gasteiger partial charge in [-0.1, -0.05) is 13.8 Å². The molecule has 1 N–H and O–H groups in total. The zero-order chi connectivity index (χ0) is 10.0. The molecule has 0 aromatic heterocycles. The molecule has 1 saturated carbocycles. The molecular formula is C10H18ClNO. The molecule has 0 saturated heterocycles. The van der Waals surface area contributed by atoms with Crippen LogP contribution in [0.25, 0.3) is 0 Å². The van der Waals surface area contributed by atoms with Crippen molar-refractivity contribution in [2.24, 2.45) is 11.8 Å². The summed E-state index contributed by atoms with van der Waals surface area (Å²) in [6.07, 6.45) is 2.31. The molecule has 1 amide bonds. The monoisotopic (exact) mass is 203 g/mol. The van der Waals surface area contributed by atoms with Crippen LogP contribution in [0.2, 0.25) is 0 Å². The van der Waals surface area contributed by atoms with E-state index in [4.69, 9.17) is 11.6 Å². The highest BCUT2D eigenvalue weighted by Crippen LogP contribution is 2.31. The van der Waals surface area contributed by atoms with Crippen molar-refractivity contribution in [1.29, 1.82) is 0 Å². The lowest BCUT2D eigenvalue weighted by atomic mass is 9.98. The fourth-order valence-corrected chi connectivity index (χ4v) is 1.93. The average Bonchev–Trinajstić information content (AvgIpc) is 2.36. The Morgan fingerprint density at radius 1 is 1.46 bits per heavy atom. The maximum atomic E-state index is 11.3. The van der Waals surface area contributed by atoms with Crippen LogP contribution in [0.1, 0.15) is 33.6 Å². The lowest BCUT2D eigenvalue weighted by Crippen LogP contribution is -2.40. The van der Waals surface area contributed by atoms with Gasteiger partial charge < -0.3 is 5.32 Å². The first-order valence-corrected chi connectivity index (χ1v) is 5.40. The minimum atomic E-state index is -0.414. The Morgan fingerprint density at radius 3 is 2.46 bits per heavy atom. The molecule has 0 aromatic carbocycles. The van der Waals surface area contributed by atoms with Gasteiger partial charge in [-0.25, -0.2) is 0 Å². The highest BCUT2D eigenvalue weighted by Gasteiger charge is 2.31. The fourth-order valence-electron chi connectivity index (χ4n) is 1.87. The van der Waals surface area contributed by atoms with Crippen LogP contribution in [0, 0.1) is 11.8 Å². The van der Waals surface area contributed by atoms with Crippen molar-refractivity contribution < 1.29 is 4.79 Å². The molecule has 4 atom stereocenters. The van der Waals surface area contributed by atoms with Gasteiger partial charge in [-0.05, 0) is 31.6 Å². The Bertz CT molecular complexity index is 193. The summed E-state index contributed by atoms with van der Waals surface area (Å²) in [6.45, 7) is 6.14. The van der Waals surface area contributed by atoms with Crippen molar-refractivity contribution in [2.45, 2.75) is 45.0 Å². The number of rotatable bonds is 2. The quantitative estimate of drug-likeness (QED) is 0.685. The molecule has 76 valence electrons. The molecule has 2 nitrogen and oxygen atoms in total. The summed E-state index contributed by atoms with van der Waals surface area (Å²) in [5.41, 5.74) is 0. The maximum absolute atomic E-state index is 11.3. The van der Waals surface area contributed by atoms with Crippen molar-refractivity contribution in [3.63, 3.8) is 0 Å². The predicted molar refractivity (Wildman–Crippen MR) is 54.8 cm³/mol. The van der Waals surface area contributed by atoms with Crippen LogP contribution in [0.3, 0.4) is 0 Å². The molecule has 1 rings (SSSR count). The number of nitrogens with one attached hydrogen (secondary N) is 1. The van der Waals surface area contributed by atoms with E-state index in [1.165, 1.54) is 6.42 Å². The van der Waals surface area contributed by atoms with Gasteiger partial charge in [-0.3, -0.25) is 4.79 Å². The highest BCUT2D eigenvalue weighted by atomic mass is 35.5. The first kappa shape index (κ1) is 10.8. The van der Waals surface area contributed by atoms with E-state index >= 15 is 0 Å². The van der Waals surface area contributed by atoms with Crippen LogP contribution in [0.15, 0.2) is 0 Å². The minimum Gasteiger partial charge on any atom is -0.352 e. The molecule has 0 radical (unpaired) electrons. The van der Waals surface area contributed by atoms with Gasteiger partial charge in [0.05, 0.1) is 0 Å². The van der Waals surface area contributed by atoms with E-state index in [-0.39, 0.29) is 5.91 Å². The number of carbonyl (C=O) groups excluding carboxylic acids is 1. The van der Waals surface area contributed by atoms with Crippen LogP contribution >= 0.6 is 11.6 Å². The Morgan fingerprint density at radius 2 is 2.08 bits per heavy atom. The van der Waals surface area contributed by atoms with E-state index in [0.717, 1.165) is 12.3 Å². The van der Waals surface area contributed by atoms with E-state index in [1.54, 1.807) is 6.92 Å². The zero-order valence-electron chi connectivity index (χ0n) is 8.51. The molecule has 13 heavy (non-hydrogen) atoms. The van der Waals surface area contributed by atoms with Crippen LogP contribution in [-0.4, -0.2) is 17.3 Å². The van der Waals surface area contributed by atoms with E-state index in [1.807, 2.05) is 0 Å². The topological polar surface area (TPSA) is 29.1 Å². The largest absolute Gasteiger partial charge is 0.352 e. The highest BCUT2D eigenvalue weighted by molar-refractivity contribution is 6.30. The van der Waals surface area contributed by atoms with E-state index in [9.17, 15) is 4.79 Å². The van der Waals surface area contributed by atoms with Crippen molar-refractivity contribution >= 4 is 17.5 Å². The van der Waals surface area contributed by atoms with Crippen molar-refractivity contribution in [3.8, 4) is 0 Å². The average molecular weight is 204 g/mol. The molecule has 0 heterocycles. The Labute approximate surface area is 85.0 Å². The molecule has 0 bridgehead atoms. The van der Waals surface area contributed by atoms with Gasteiger partial charge in [0.2, 0.25) is 5.91 Å². The lowest BCUT2D eigenvalue weighted by Gasteiger charge is -2.20. The standard InChI is InChI=1S/C10H18ClNO/c1-6-4-5-9(7(6)2)12-10(13)8(3)11/h6-9H,4-5H2,1-3H3,(H,12,13). The second-order valence-electron chi connectivity index (χ2n) is 4.14. The third-order valence-corrected chi connectivity index (χ3v) is 3.35. The van der Waals surface area contributed by atoms with E-state index in [0.29, 0.717) is 12.0 Å². The smallest absolute Gasteiger partial charge is 0.237 e. The molecule has 0 aliphatic heterocycles. The summed E-state index contributed by atoms with van der Waals surface area (Å²) in [4.78, 5) is 11.3. The molecular weight excluding hydrogens is 186 g/mol. The molecule has 0 spiro atoms. The first-order chi connectivity index (χ1) is 6.02. The van der Waals surface area contributed by atoms with Crippen molar-refractivity contribution in [1.82, 2.24) is 5.32 Å². The van der Waals surface area contributed by atoms with Gasteiger partial charge in [0, 0.05) is 6.04 Å². The van der Waals surface area contributed by atoms with Crippen LogP contribution in [0.5, 0.6) is 0 Å². The fraction of sp³-hybridized carbons (Fsp3) is 0.900. The Kier molecular flexibility index (Phi) is 3.60. The summed E-state index contributed by atoms with van der Waals surface area (Å²) in [7, 11) is 0. The van der Waals surface area contributed by atoms with Gasteiger partial charge in [0.15, 0.2) is 0 Å². The molecule has 3 heteroatoms. The second-order valence-corrected chi connectivity index (χ2v) is 4.80. The minimum absolute atomic E-state index is 0.0346. The summed E-state index contributed by atoms with van der Waals surface area (Å²) in [5, 5.41) is 2.57. The number of hydrogen-bond donors (Lipinski definition) is 1. The first-order valence-electron chi connectivity index (χ1n) is 4.96. The Hall–Kier alpha value is -0.240. The molecule has 4 unspecified atom stereocenters.